The number of hydrogen-bond donors (Lipinski definition) is 0. The lowest BCUT2D eigenvalue weighted by Crippen LogP contribution is -2.28. The molecule has 0 aliphatic heterocycles. The van der Waals surface area contributed by atoms with Crippen molar-refractivity contribution in [2.45, 2.75) is 17.8 Å². The summed E-state index contributed by atoms with van der Waals surface area (Å²) in [6.45, 7) is 0. The fourth-order valence-electron chi connectivity index (χ4n) is 2.58. The van der Waals surface area contributed by atoms with Gasteiger partial charge in [0.2, 0.25) is 0 Å². The summed E-state index contributed by atoms with van der Waals surface area (Å²) in [6, 6.07) is 27.6. The van der Waals surface area contributed by atoms with E-state index in [1.165, 1.54) is 0 Å². The van der Waals surface area contributed by atoms with Gasteiger partial charge in [0.1, 0.15) is 0 Å². The van der Waals surface area contributed by atoms with E-state index in [4.69, 9.17) is 34.8 Å². The van der Waals surface area contributed by atoms with Gasteiger partial charge >= 0.3 is 13.2 Å². The third-order valence-corrected chi connectivity index (χ3v) is 10.6. The van der Waals surface area contributed by atoms with E-state index in [0.717, 1.165) is 14.7 Å². The van der Waals surface area contributed by atoms with E-state index in [2.05, 4.69) is 3.63 Å². The minimum absolute atomic E-state index is 0.722. The van der Waals surface area contributed by atoms with Crippen molar-refractivity contribution in [1.82, 2.24) is 0 Å². The summed E-state index contributed by atoms with van der Waals surface area (Å²) in [5.74, 6) is 0. The van der Waals surface area contributed by atoms with E-state index >= 15 is 0 Å². The Hall–Kier alpha value is -1.21. The fraction of sp³-hybridized carbons (Fsp3) is 0.0526. The molecule has 3 aromatic rings. The fourth-order valence-corrected chi connectivity index (χ4v) is 8.36. The van der Waals surface area contributed by atoms with Gasteiger partial charge in [0, 0.05) is 0 Å². The second kappa shape index (κ2) is 8.03. The Labute approximate surface area is 175 Å². The number of hydrogen-bond acceptors (Lipinski definition) is 2. The zero-order valence-electron chi connectivity index (χ0n) is 13.9. The summed E-state index contributed by atoms with van der Waals surface area (Å²) in [5, 5.41) is 0. The standard InChI is InChI=1S/C19H15Cl3O3S2/c20-19(21,22)27(23,24)25-26(16-10-4-1-5-11-16,17-12-6-2-7-13-17)18-14-8-3-9-15-18/h1-15H/p+1. The molecule has 0 radical (unpaired) electrons. The predicted octanol–water partition coefficient (Wildman–Crippen LogP) is 6.63. The lowest BCUT2D eigenvalue weighted by molar-refractivity contribution is 0.387. The van der Waals surface area contributed by atoms with Gasteiger partial charge in [0.05, 0.1) is 25.0 Å². The SMILES string of the molecule is O=S(=O)([OH+]S(c1ccccc1)(c1ccccc1)c1ccccc1)C(Cl)(Cl)Cl. The molecule has 3 aromatic carbocycles. The van der Waals surface area contributed by atoms with Gasteiger partial charge in [-0.1, -0.05) is 89.4 Å². The number of rotatable bonds is 5. The predicted molar refractivity (Wildman–Crippen MR) is 114 cm³/mol. The molecular formula is C19H16Cl3O3S2+. The maximum Gasteiger partial charge on any atom is 0.440 e. The zero-order chi connectivity index (χ0) is 19.5. The van der Waals surface area contributed by atoms with Crippen molar-refractivity contribution >= 4 is 55.2 Å². The molecular weight excluding hydrogens is 447 g/mol. The van der Waals surface area contributed by atoms with Crippen LogP contribution in [0.2, 0.25) is 0 Å². The Bertz CT molecular complexity index is 894. The maximum atomic E-state index is 12.8. The normalized spacial score (nSPS) is 13.3. The van der Waals surface area contributed by atoms with Crippen LogP contribution in [0.4, 0.5) is 0 Å². The molecule has 27 heavy (non-hydrogen) atoms. The van der Waals surface area contributed by atoms with Crippen LogP contribution in [-0.2, 0) is 10.1 Å². The van der Waals surface area contributed by atoms with Gasteiger partial charge in [-0.25, -0.2) is 0 Å². The molecule has 0 fully saturated rings. The molecule has 0 bridgehead atoms. The number of benzene rings is 3. The van der Waals surface area contributed by atoms with Crippen LogP contribution in [0, 0.1) is 0 Å². The van der Waals surface area contributed by atoms with Gasteiger partial charge in [-0.15, -0.1) is 8.42 Å². The Morgan fingerprint density at radius 1 is 0.593 bits per heavy atom. The van der Waals surface area contributed by atoms with Gasteiger partial charge in [0.25, 0.3) is 0 Å². The third-order valence-electron chi connectivity index (χ3n) is 3.76. The van der Waals surface area contributed by atoms with Crippen LogP contribution in [0.25, 0.3) is 0 Å². The van der Waals surface area contributed by atoms with Crippen molar-refractivity contribution in [2.75, 3.05) is 0 Å². The van der Waals surface area contributed by atoms with E-state index in [1.807, 2.05) is 91.0 Å². The van der Waals surface area contributed by atoms with E-state index in [0.29, 0.717) is 0 Å². The molecule has 0 spiro atoms. The largest absolute Gasteiger partial charge is 0.440 e. The molecule has 0 unspecified atom stereocenters. The molecule has 0 aliphatic rings. The van der Waals surface area contributed by atoms with Crippen molar-refractivity contribution in [2.24, 2.45) is 0 Å². The van der Waals surface area contributed by atoms with Crippen LogP contribution in [0.15, 0.2) is 106 Å². The molecule has 0 aliphatic carbocycles. The summed E-state index contributed by atoms with van der Waals surface area (Å²) >= 11 is 17.3. The summed E-state index contributed by atoms with van der Waals surface area (Å²) < 4.78 is 27.4. The number of halogens is 3. The van der Waals surface area contributed by atoms with Gasteiger partial charge in [-0.05, 0) is 36.4 Å². The first kappa shape index (κ1) is 20.5. The van der Waals surface area contributed by atoms with Crippen molar-refractivity contribution in [3.8, 4) is 0 Å². The van der Waals surface area contributed by atoms with Gasteiger partial charge < -0.3 is 0 Å². The first-order valence-corrected chi connectivity index (χ1v) is 12.0. The smallest absolute Gasteiger partial charge is 0.258 e. The molecule has 1 N–H and O–H groups in total. The van der Waals surface area contributed by atoms with E-state index in [-0.39, 0.29) is 0 Å². The number of alkyl halides is 3. The molecule has 0 saturated heterocycles. The van der Waals surface area contributed by atoms with Crippen molar-refractivity contribution in [3.05, 3.63) is 91.0 Å². The monoisotopic (exact) mass is 461 g/mol. The first-order valence-electron chi connectivity index (χ1n) is 7.81. The van der Waals surface area contributed by atoms with Crippen molar-refractivity contribution < 1.29 is 12.0 Å². The topological polar surface area (TPSA) is 46.9 Å². The van der Waals surface area contributed by atoms with Crippen LogP contribution in [0.5, 0.6) is 0 Å². The second-order valence-electron chi connectivity index (χ2n) is 5.51. The molecule has 0 saturated carbocycles. The molecule has 0 aromatic heterocycles. The van der Waals surface area contributed by atoms with Crippen molar-refractivity contribution in [3.63, 3.8) is 0 Å². The van der Waals surface area contributed by atoms with Crippen LogP contribution in [0.3, 0.4) is 0 Å². The van der Waals surface area contributed by atoms with E-state index in [1.54, 1.807) is 0 Å². The second-order valence-corrected chi connectivity index (χ2v) is 13.2. The van der Waals surface area contributed by atoms with Crippen LogP contribution < -0.4 is 0 Å². The lowest BCUT2D eigenvalue weighted by Gasteiger charge is -2.35. The molecule has 3 rings (SSSR count). The van der Waals surface area contributed by atoms with Gasteiger partial charge in [-0.3, -0.25) is 3.63 Å². The van der Waals surface area contributed by atoms with Crippen molar-refractivity contribution in [1.29, 1.82) is 0 Å². The summed E-state index contributed by atoms with van der Waals surface area (Å²) in [6.07, 6.45) is 0. The minimum atomic E-state index is -4.44. The maximum absolute atomic E-state index is 12.8. The molecule has 3 nitrogen and oxygen atoms in total. The van der Waals surface area contributed by atoms with Gasteiger partial charge in [-0.2, -0.15) is 0 Å². The zero-order valence-corrected chi connectivity index (χ0v) is 17.8. The summed E-state index contributed by atoms with van der Waals surface area (Å²) in [4.78, 5) is 2.17. The highest BCUT2D eigenvalue weighted by atomic mass is 35.6. The Morgan fingerprint density at radius 2 is 0.889 bits per heavy atom. The van der Waals surface area contributed by atoms with Crippen LogP contribution >= 0.6 is 45.1 Å². The van der Waals surface area contributed by atoms with Crippen LogP contribution in [-0.4, -0.2) is 15.2 Å². The summed E-state index contributed by atoms with van der Waals surface area (Å²) in [5.41, 5.74) is 0. The Morgan fingerprint density at radius 3 is 1.15 bits per heavy atom. The highest BCUT2D eigenvalue weighted by molar-refractivity contribution is 8.32. The third kappa shape index (κ3) is 4.14. The van der Waals surface area contributed by atoms with E-state index in [9.17, 15) is 8.42 Å². The van der Waals surface area contributed by atoms with Gasteiger partial charge in [0.15, 0.2) is 0 Å². The highest BCUT2D eigenvalue weighted by Crippen LogP contribution is 2.69. The molecule has 0 heterocycles. The highest BCUT2D eigenvalue weighted by Gasteiger charge is 2.52. The average molecular weight is 463 g/mol. The quantitative estimate of drug-likeness (QED) is 0.242. The summed E-state index contributed by atoms with van der Waals surface area (Å²) in [7, 11) is -7.03. The Kier molecular flexibility index (Phi) is 6.11. The minimum Gasteiger partial charge on any atom is -0.258 e. The average Bonchev–Trinajstić information content (AvgIpc) is 2.67. The molecule has 142 valence electrons. The van der Waals surface area contributed by atoms with Crippen LogP contribution in [0.1, 0.15) is 0 Å². The molecule has 0 amide bonds. The molecule has 8 heteroatoms. The molecule has 0 atom stereocenters. The first-order chi connectivity index (χ1) is 12.8. The Balaban J connectivity index is 2.37. The lowest BCUT2D eigenvalue weighted by atomic mass is 10.4. The van der Waals surface area contributed by atoms with E-state index < -0.39 is 23.6 Å².